The van der Waals surface area contributed by atoms with Gasteiger partial charge in [-0.05, 0) is 31.9 Å². The molecule has 0 N–H and O–H groups in total. The zero-order chi connectivity index (χ0) is 17.6. The molecule has 1 amide bonds. The largest absolute Gasteiger partial charge is 0.329 e. The molecule has 5 nitrogen and oxygen atoms in total. The summed E-state index contributed by atoms with van der Waals surface area (Å²) in [7, 11) is 1.86. The molecule has 0 radical (unpaired) electrons. The maximum atomic E-state index is 14.2. The number of hydrogen-bond acceptors (Lipinski definition) is 3. The molecular formula is C19H19FN4O. The quantitative estimate of drug-likeness (QED) is 0.732. The Labute approximate surface area is 145 Å². The number of aryl methyl sites for hydroxylation is 1. The summed E-state index contributed by atoms with van der Waals surface area (Å²) in [4.78, 5) is 23.5. The van der Waals surface area contributed by atoms with Crippen molar-refractivity contribution in [3.05, 3.63) is 59.8 Å². The van der Waals surface area contributed by atoms with Crippen LogP contribution in [0.2, 0.25) is 0 Å². The predicted octanol–water partition coefficient (Wildman–Crippen LogP) is 3.47. The van der Waals surface area contributed by atoms with Crippen LogP contribution in [0, 0.1) is 5.82 Å². The van der Waals surface area contributed by atoms with Crippen LogP contribution < -0.4 is 0 Å². The van der Waals surface area contributed by atoms with E-state index in [0.29, 0.717) is 16.6 Å². The molecule has 3 aromatic rings. The van der Waals surface area contributed by atoms with Gasteiger partial charge in [0.25, 0.3) is 5.91 Å². The topological polar surface area (TPSA) is 51.0 Å². The average Bonchev–Trinajstić information content (AvgIpc) is 3.38. The van der Waals surface area contributed by atoms with Gasteiger partial charge >= 0.3 is 0 Å². The number of imidazole rings is 1. The van der Waals surface area contributed by atoms with Crippen LogP contribution >= 0.6 is 0 Å². The third-order valence-corrected chi connectivity index (χ3v) is 4.75. The Morgan fingerprint density at radius 2 is 2.08 bits per heavy atom. The van der Waals surface area contributed by atoms with Crippen molar-refractivity contribution in [3.8, 4) is 0 Å². The molecule has 1 saturated carbocycles. The molecule has 1 aromatic carbocycles. The second-order valence-corrected chi connectivity index (χ2v) is 6.56. The Bertz CT molecular complexity index is 948. The lowest BCUT2D eigenvalue weighted by Crippen LogP contribution is -2.36. The molecule has 128 valence electrons. The fraction of sp³-hybridized carbons (Fsp3) is 0.316. The molecule has 1 aliphatic rings. The van der Waals surface area contributed by atoms with E-state index in [4.69, 9.17) is 0 Å². The first-order valence-corrected chi connectivity index (χ1v) is 8.40. The van der Waals surface area contributed by atoms with E-state index >= 15 is 0 Å². The fourth-order valence-corrected chi connectivity index (χ4v) is 3.26. The zero-order valence-electron chi connectivity index (χ0n) is 14.2. The molecule has 1 atom stereocenters. The molecule has 2 heterocycles. The third-order valence-electron chi connectivity index (χ3n) is 4.75. The lowest BCUT2D eigenvalue weighted by molar-refractivity contribution is 0.0671. The van der Waals surface area contributed by atoms with Crippen LogP contribution in [0.15, 0.2) is 42.9 Å². The van der Waals surface area contributed by atoms with Crippen LogP contribution in [0.25, 0.3) is 11.2 Å². The van der Waals surface area contributed by atoms with Crippen molar-refractivity contribution in [2.75, 3.05) is 0 Å². The van der Waals surface area contributed by atoms with Gasteiger partial charge in [0, 0.05) is 24.8 Å². The minimum absolute atomic E-state index is 0.127. The first-order chi connectivity index (χ1) is 12.1. The second kappa shape index (κ2) is 5.95. The summed E-state index contributed by atoms with van der Waals surface area (Å²) in [6.07, 6.45) is 5.15. The standard InChI is InChI=1S/C19H19FN4O/c1-12(15-5-3-4-6-16(15)20)24(14-7-8-14)19(25)13-9-17-18(21-10-13)23(2)11-22-17/h3-6,9-12,14H,7-8H2,1-2H3/t12-/m0/s1. The van der Waals surface area contributed by atoms with E-state index in [2.05, 4.69) is 9.97 Å². The highest BCUT2D eigenvalue weighted by Gasteiger charge is 2.37. The maximum Gasteiger partial charge on any atom is 0.256 e. The van der Waals surface area contributed by atoms with Crippen molar-refractivity contribution in [3.63, 3.8) is 0 Å². The second-order valence-electron chi connectivity index (χ2n) is 6.56. The molecule has 0 aliphatic heterocycles. The van der Waals surface area contributed by atoms with Gasteiger partial charge in [0.15, 0.2) is 5.65 Å². The summed E-state index contributed by atoms with van der Waals surface area (Å²) >= 11 is 0. The number of nitrogens with zero attached hydrogens (tertiary/aromatic N) is 4. The van der Waals surface area contributed by atoms with Crippen LogP contribution in [0.3, 0.4) is 0 Å². The number of hydrogen-bond donors (Lipinski definition) is 0. The lowest BCUT2D eigenvalue weighted by Gasteiger charge is -2.30. The maximum absolute atomic E-state index is 14.2. The van der Waals surface area contributed by atoms with E-state index < -0.39 is 0 Å². The van der Waals surface area contributed by atoms with Crippen molar-refractivity contribution in [1.82, 2.24) is 19.4 Å². The van der Waals surface area contributed by atoms with E-state index in [9.17, 15) is 9.18 Å². The number of amides is 1. The number of rotatable bonds is 4. The summed E-state index contributed by atoms with van der Waals surface area (Å²) in [6, 6.07) is 8.21. The summed E-state index contributed by atoms with van der Waals surface area (Å²) < 4.78 is 16.0. The van der Waals surface area contributed by atoms with E-state index in [1.165, 1.54) is 6.07 Å². The van der Waals surface area contributed by atoms with E-state index in [0.717, 1.165) is 18.5 Å². The van der Waals surface area contributed by atoms with Gasteiger partial charge in [-0.15, -0.1) is 0 Å². The Balaban J connectivity index is 1.70. The lowest BCUT2D eigenvalue weighted by atomic mass is 10.0. The van der Waals surface area contributed by atoms with Gasteiger partial charge in [0.2, 0.25) is 0 Å². The summed E-state index contributed by atoms with van der Waals surface area (Å²) in [5.74, 6) is -0.412. The Hall–Kier alpha value is -2.76. The van der Waals surface area contributed by atoms with Gasteiger partial charge in [-0.1, -0.05) is 18.2 Å². The van der Waals surface area contributed by atoms with Crippen molar-refractivity contribution >= 4 is 17.1 Å². The van der Waals surface area contributed by atoms with Gasteiger partial charge in [-0.3, -0.25) is 4.79 Å². The van der Waals surface area contributed by atoms with Crippen LogP contribution in [0.4, 0.5) is 4.39 Å². The van der Waals surface area contributed by atoms with E-state index in [1.54, 1.807) is 41.7 Å². The van der Waals surface area contributed by atoms with Gasteiger partial charge in [-0.25, -0.2) is 14.4 Å². The van der Waals surface area contributed by atoms with Crippen molar-refractivity contribution in [2.45, 2.75) is 31.8 Å². The summed E-state index contributed by atoms with van der Waals surface area (Å²) in [6.45, 7) is 1.88. The number of aromatic nitrogens is 3. The Morgan fingerprint density at radius 3 is 2.80 bits per heavy atom. The number of fused-ring (bicyclic) bond motifs is 1. The highest BCUT2D eigenvalue weighted by atomic mass is 19.1. The van der Waals surface area contributed by atoms with Crippen LogP contribution in [0.1, 0.15) is 41.7 Å². The van der Waals surface area contributed by atoms with Crippen molar-refractivity contribution in [2.24, 2.45) is 7.05 Å². The first-order valence-electron chi connectivity index (χ1n) is 8.40. The minimum atomic E-state index is -0.333. The predicted molar refractivity (Wildman–Crippen MR) is 92.5 cm³/mol. The van der Waals surface area contributed by atoms with Crippen molar-refractivity contribution in [1.29, 1.82) is 0 Å². The molecule has 25 heavy (non-hydrogen) atoms. The van der Waals surface area contributed by atoms with Crippen LogP contribution in [-0.2, 0) is 7.05 Å². The van der Waals surface area contributed by atoms with Crippen molar-refractivity contribution < 1.29 is 9.18 Å². The molecule has 0 unspecified atom stereocenters. The zero-order valence-corrected chi connectivity index (χ0v) is 14.2. The number of benzene rings is 1. The molecule has 1 aliphatic carbocycles. The van der Waals surface area contributed by atoms with Gasteiger partial charge in [0.1, 0.15) is 11.3 Å². The molecule has 0 saturated heterocycles. The highest BCUT2D eigenvalue weighted by Crippen LogP contribution is 2.36. The summed E-state index contributed by atoms with van der Waals surface area (Å²) in [5, 5.41) is 0. The number of carbonyl (C=O) groups excluding carboxylic acids is 1. The third kappa shape index (κ3) is 2.77. The normalized spacial score (nSPS) is 15.3. The minimum Gasteiger partial charge on any atom is -0.329 e. The molecule has 4 rings (SSSR count). The number of carbonyl (C=O) groups is 1. The number of pyridine rings is 1. The molecule has 1 fully saturated rings. The number of halogens is 1. The average molecular weight is 338 g/mol. The smallest absolute Gasteiger partial charge is 0.256 e. The molecule has 0 bridgehead atoms. The van der Waals surface area contributed by atoms with E-state index in [1.807, 2.05) is 18.5 Å². The molecular weight excluding hydrogens is 319 g/mol. The monoisotopic (exact) mass is 338 g/mol. The van der Waals surface area contributed by atoms with Gasteiger partial charge < -0.3 is 9.47 Å². The molecule has 2 aromatic heterocycles. The van der Waals surface area contributed by atoms with Gasteiger partial charge in [0.05, 0.1) is 17.9 Å². The fourth-order valence-electron chi connectivity index (χ4n) is 3.26. The summed E-state index contributed by atoms with van der Waals surface area (Å²) in [5.41, 5.74) is 2.44. The molecule has 6 heteroatoms. The molecule has 0 spiro atoms. The highest BCUT2D eigenvalue weighted by molar-refractivity contribution is 5.97. The SMILES string of the molecule is C[C@@H](c1ccccc1F)N(C(=O)c1cnc2c(c1)ncn2C)C1CC1. The Kier molecular flexibility index (Phi) is 3.75. The van der Waals surface area contributed by atoms with Crippen LogP contribution in [-0.4, -0.2) is 31.4 Å². The van der Waals surface area contributed by atoms with Gasteiger partial charge in [-0.2, -0.15) is 0 Å². The first kappa shape index (κ1) is 15.7. The van der Waals surface area contributed by atoms with Crippen LogP contribution in [0.5, 0.6) is 0 Å². The van der Waals surface area contributed by atoms with E-state index in [-0.39, 0.29) is 23.8 Å². The Morgan fingerprint density at radius 1 is 1.32 bits per heavy atom.